The topological polar surface area (TPSA) is 61.8 Å². The molecule has 1 atom stereocenters. The Bertz CT molecular complexity index is 603. The Morgan fingerprint density at radius 2 is 1.91 bits per heavy atom. The van der Waals surface area contributed by atoms with Crippen molar-refractivity contribution in [1.29, 1.82) is 0 Å². The minimum absolute atomic E-state index is 0.145. The Morgan fingerprint density at radius 1 is 1.18 bits per heavy atom. The van der Waals surface area contributed by atoms with Crippen molar-refractivity contribution >= 4 is 17.8 Å². The van der Waals surface area contributed by atoms with Gasteiger partial charge >= 0.3 is 5.97 Å². The highest BCUT2D eigenvalue weighted by molar-refractivity contribution is 6.11. The highest BCUT2D eigenvalue weighted by atomic mass is 16.5. The molecule has 0 bridgehead atoms. The van der Waals surface area contributed by atoms with E-state index in [9.17, 15) is 9.59 Å². The predicted molar refractivity (Wildman–Crippen MR) is 81.9 cm³/mol. The van der Waals surface area contributed by atoms with Crippen molar-refractivity contribution in [2.75, 3.05) is 21.3 Å². The van der Waals surface area contributed by atoms with Gasteiger partial charge in [-0.25, -0.2) is 0 Å². The molecule has 1 saturated carbocycles. The maximum atomic E-state index is 12.4. The lowest BCUT2D eigenvalue weighted by molar-refractivity contribution is -0.149. The van der Waals surface area contributed by atoms with Gasteiger partial charge in [0.15, 0.2) is 17.3 Å². The number of methoxy groups -OCH3 is 3. The van der Waals surface area contributed by atoms with E-state index in [2.05, 4.69) is 0 Å². The first-order valence-electron chi connectivity index (χ1n) is 7.15. The molecule has 0 aliphatic heterocycles. The lowest BCUT2D eigenvalue weighted by Gasteiger charge is -2.20. The molecule has 0 N–H and O–H groups in total. The largest absolute Gasteiger partial charge is 0.493 e. The summed E-state index contributed by atoms with van der Waals surface area (Å²) in [5.74, 6) is -0.0439. The lowest BCUT2D eigenvalue weighted by Crippen LogP contribution is -2.29. The summed E-state index contributed by atoms with van der Waals surface area (Å²) in [6.45, 7) is 0. The second-order valence-electron chi connectivity index (χ2n) is 5.12. The number of esters is 1. The van der Waals surface area contributed by atoms with Gasteiger partial charge in [0.25, 0.3) is 0 Å². The summed E-state index contributed by atoms with van der Waals surface area (Å²) in [6.07, 6.45) is 3.82. The number of hydrogen-bond acceptors (Lipinski definition) is 5. The average molecular weight is 304 g/mol. The third kappa shape index (κ3) is 3.30. The molecule has 0 saturated heterocycles. The maximum Gasteiger partial charge on any atom is 0.316 e. The van der Waals surface area contributed by atoms with Gasteiger partial charge in [0.05, 0.1) is 21.3 Å². The first-order valence-corrected chi connectivity index (χ1v) is 7.15. The van der Waals surface area contributed by atoms with Gasteiger partial charge in [0.2, 0.25) is 0 Å². The smallest absolute Gasteiger partial charge is 0.316 e. The minimum atomic E-state index is -0.676. The lowest BCUT2D eigenvalue weighted by atomic mass is 9.83. The van der Waals surface area contributed by atoms with E-state index in [-0.39, 0.29) is 5.78 Å². The molecule has 22 heavy (non-hydrogen) atoms. The zero-order valence-corrected chi connectivity index (χ0v) is 13.0. The van der Waals surface area contributed by atoms with Crippen LogP contribution in [-0.4, -0.2) is 33.1 Å². The number of hydrogen-bond donors (Lipinski definition) is 0. The number of allylic oxidation sites excluding steroid dienone is 1. The van der Waals surface area contributed by atoms with E-state index >= 15 is 0 Å². The zero-order chi connectivity index (χ0) is 16.1. The Hall–Kier alpha value is -2.30. The molecule has 1 aromatic carbocycles. The Morgan fingerprint density at radius 3 is 2.55 bits per heavy atom. The average Bonchev–Trinajstić information content (AvgIpc) is 2.55. The van der Waals surface area contributed by atoms with Crippen LogP contribution in [-0.2, 0) is 14.3 Å². The molecule has 1 fully saturated rings. The van der Waals surface area contributed by atoms with E-state index in [0.29, 0.717) is 29.9 Å². The van der Waals surface area contributed by atoms with Crippen LogP contribution in [0.3, 0.4) is 0 Å². The molecule has 1 aliphatic carbocycles. The highest BCUT2D eigenvalue weighted by Crippen LogP contribution is 2.31. The molecular formula is C17H20O5. The summed E-state index contributed by atoms with van der Waals surface area (Å²) >= 11 is 0. The van der Waals surface area contributed by atoms with Crippen LogP contribution in [0, 0.1) is 5.92 Å². The van der Waals surface area contributed by atoms with Gasteiger partial charge in [-0.2, -0.15) is 0 Å². The van der Waals surface area contributed by atoms with Crippen LogP contribution in [0.4, 0.5) is 0 Å². The monoisotopic (exact) mass is 304 g/mol. The van der Waals surface area contributed by atoms with Crippen LogP contribution < -0.4 is 9.47 Å². The first-order chi connectivity index (χ1) is 10.6. The van der Waals surface area contributed by atoms with Gasteiger partial charge < -0.3 is 14.2 Å². The molecule has 5 heteroatoms. The molecule has 1 unspecified atom stereocenters. The van der Waals surface area contributed by atoms with Crippen LogP contribution in [0.15, 0.2) is 23.8 Å². The summed E-state index contributed by atoms with van der Waals surface area (Å²) < 4.78 is 15.1. The molecule has 0 aromatic heterocycles. The van der Waals surface area contributed by atoms with Gasteiger partial charge in [0.1, 0.15) is 5.92 Å². The van der Waals surface area contributed by atoms with Gasteiger partial charge in [0, 0.05) is 0 Å². The zero-order valence-electron chi connectivity index (χ0n) is 13.0. The van der Waals surface area contributed by atoms with Crippen molar-refractivity contribution in [3.63, 3.8) is 0 Å². The third-order valence-electron chi connectivity index (χ3n) is 3.81. The molecular weight excluding hydrogens is 284 g/mol. The molecule has 118 valence electrons. The summed E-state index contributed by atoms with van der Waals surface area (Å²) in [4.78, 5) is 24.0. The number of ketones is 1. The fourth-order valence-electron chi connectivity index (χ4n) is 2.63. The highest BCUT2D eigenvalue weighted by Gasteiger charge is 2.32. The van der Waals surface area contributed by atoms with Crippen molar-refractivity contribution in [2.24, 2.45) is 5.92 Å². The standard InChI is InChI=1S/C17H20O5/c1-20-14-8-7-11(10-15(14)21-2)9-12-5-4-6-13(16(12)18)17(19)22-3/h7-10,13H,4-6H2,1-3H3/b12-9-. The number of benzene rings is 1. The first kappa shape index (κ1) is 16.1. The summed E-state index contributed by atoms with van der Waals surface area (Å²) in [7, 11) is 4.44. The van der Waals surface area contributed by atoms with E-state index in [0.717, 1.165) is 12.0 Å². The molecule has 0 radical (unpaired) electrons. The molecule has 1 aliphatic rings. The van der Waals surface area contributed by atoms with Crippen LogP contribution in [0.2, 0.25) is 0 Å². The Kier molecular flexibility index (Phi) is 5.20. The van der Waals surface area contributed by atoms with Gasteiger partial charge in [-0.1, -0.05) is 6.07 Å². The van der Waals surface area contributed by atoms with Crippen molar-refractivity contribution in [3.05, 3.63) is 29.3 Å². The number of rotatable bonds is 4. The van der Waals surface area contributed by atoms with Gasteiger partial charge in [-0.15, -0.1) is 0 Å². The Balaban J connectivity index is 2.28. The van der Waals surface area contributed by atoms with E-state index < -0.39 is 11.9 Å². The normalized spacial score (nSPS) is 19.9. The molecule has 0 spiro atoms. The third-order valence-corrected chi connectivity index (χ3v) is 3.81. The molecule has 1 aromatic rings. The summed E-state index contributed by atoms with van der Waals surface area (Å²) in [6, 6.07) is 5.45. The van der Waals surface area contributed by atoms with Crippen LogP contribution in [0.5, 0.6) is 11.5 Å². The van der Waals surface area contributed by atoms with Gasteiger partial charge in [-0.05, 0) is 48.6 Å². The second kappa shape index (κ2) is 7.11. The second-order valence-corrected chi connectivity index (χ2v) is 5.12. The number of carbonyl (C=O) groups excluding carboxylic acids is 2. The van der Waals surface area contributed by atoms with Crippen LogP contribution in [0.25, 0.3) is 6.08 Å². The van der Waals surface area contributed by atoms with Crippen LogP contribution in [0.1, 0.15) is 24.8 Å². The van der Waals surface area contributed by atoms with E-state index in [1.165, 1.54) is 7.11 Å². The van der Waals surface area contributed by atoms with Crippen molar-refractivity contribution < 1.29 is 23.8 Å². The summed E-state index contributed by atoms with van der Waals surface area (Å²) in [5, 5.41) is 0. The van der Waals surface area contributed by atoms with E-state index in [1.54, 1.807) is 32.4 Å². The van der Waals surface area contributed by atoms with Gasteiger partial charge in [-0.3, -0.25) is 9.59 Å². The molecule has 5 nitrogen and oxygen atoms in total. The number of Topliss-reactive ketones (excluding diaryl/α,β-unsaturated/α-hetero) is 1. The number of carbonyl (C=O) groups is 2. The molecule has 2 rings (SSSR count). The fraction of sp³-hybridized carbons (Fsp3) is 0.412. The minimum Gasteiger partial charge on any atom is -0.493 e. The van der Waals surface area contributed by atoms with Crippen molar-refractivity contribution in [2.45, 2.75) is 19.3 Å². The maximum absolute atomic E-state index is 12.4. The summed E-state index contributed by atoms with van der Waals surface area (Å²) in [5.41, 5.74) is 1.49. The Labute approximate surface area is 129 Å². The molecule has 0 amide bonds. The quantitative estimate of drug-likeness (QED) is 0.486. The number of ether oxygens (including phenoxy) is 3. The van der Waals surface area contributed by atoms with Crippen molar-refractivity contribution in [1.82, 2.24) is 0 Å². The fourth-order valence-corrected chi connectivity index (χ4v) is 2.63. The van der Waals surface area contributed by atoms with E-state index in [1.807, 2.05) is 6.07 Å². The van der Waals surface area contributed by atoms with E-state index in [4.69, 9.17) is 14.2 Å². The van der Waals surface area contributed by atoms with Crippen LogP contribution >= 0.6 is 0 Å². The predicted octanol–water partition coefficient (Wildman–Crippen LogP) is 2.63. The SMILES string of the molecule is COC(=O)C1CCC/C(=C/c2ccc(OC)c(OC)c2)C1=O. The van der Waals surface area contributed by atoms with Crippen molar-refractivity contribution in [3.8, 4) is 11.5 Å². The molecule has 0 heterocycles.